The summed E-state index contributed by atoms with van der Waals surface area (Å²) in [5.41, 5.74) is -0.247. The number of rotatable bonds is 5. The highest BCUT2D eigenvalue weighted by atomic mass is 19.3. The van der Waals surface area contributed by atoms with E-state index in [4.69, 9.17) is 10.00 Å². The molecule has 7 heteroatoms. The fraction of sp³-hybridized carbons (Fsp3) is 0.188. The van der Waals surface area contributed by atoms with Gasteiger partial charge in [0.1, 0.15) is 17.2 Å². The fourth-order valence-electron chi connectivity index (χ4n) is 1.69. The number of ether oxygens (including phenoxy) is 2. The fourth-order valence-corrected chi connectivity index (χ4v) is 1.69. The molecule has 0 aliphatic carbocycles. The first-order valence-corrected chi connectivity index (χ1v) is 6.67. The smallest absolute Gasteiger partial charge is 0.384 e. The van der Waals surface area contributed by atoms with E-state index < -0.39 is 17.6 Å². The van der Waals surface area contributed by atoms with Crippen molar-refractivity contribution >= 4 is 5.97 Å². The van der Waals surface area contributed by atoms with Crippen LogP contribution in [0.5, 0.6) is 11.5 Å². The minimum atomic E-state index is -3.82. The van der Waals surface area contributed by atoms with E-state index in [-0.39, 0.29) is 12.4 Å². The van der Waals surface area contributed by atoms with Crippen molar-refractivity contribution in [2.75, 3.05) is 6.61 Å². The van der Waals surface area contributed by atoms with Crippen LogP contribution in [0.4, 0.5) is 8.78 Å². The van der Waals surface area contributed by atoms with E-state index in [1.54, 1.807) is 24.3 Å². The number of esters is 1. The number of nitriles is 1. The van der Waals surface area contributed by atoms with Gasteiger partial charge in [-0.15, -0.1) is 0 Å². The van der Waals surface area contributed by atoms with E-state index in [1.165, 1.54) is 13.0 Å². The molecular weight excluding hydrogens is 306 g/mol. The molecule has 0 fully saturated rings. The van der Waals surface area contributed by atoms with E-state index >= 15 is 0 Å². The second-order valence-corrected chi connectivity index (χ2v) is 4.41. The number of carbonyl (C=O) groups excluding carboxylic acids is 1. The molecule has 0 amide bonds. The van der Waals surface area contributed by atoms with Crippen LogP contribution in [0.1, 0.15) is 18.2 Å². The summed E-state index contributed by atoms with van der Waals surface area (Å²) in [6, 6.07) is 10.5. The van der Waals surface area contributed by atoms with E-state index in [1.807, 2.05) is 6.07 Å². The van der Waals surface area contributed by atoms with Gasteiger partial charge in [0.2, 0.25) is 0 Å². The molecule has 118 valence electrons. The molecule has 1 aromatic heterocycles. The topological polar surface area (TPSA) is 72.2 Å². The number of hydrogen-bond donors (Lipinski definition) is 0. The van der Waals surface area contributed by atoms with Gasteiger partial charge in [0.05, 0.1) is 24.4 Å². The molecule has 0 spiro atoms. The number of nitrogens with zero attached hydrogens (tertiary/aromatic N) is 2. The average molecular weight is 318 g/mol. The quantitative estimate of drug-likeness (QED) is 0.790. The number of benzene rings is 1. The number of hydrogen-bond acceptors (Lipinski definition) is 5. The zero-order valence-corrected chi connectivity index (χ0v) is 12.1. The van der Waals surface area contributed by atoms with Crippen LogP contribution in [0.15, 0.2) is 42.6 Å². The summed E-state index contributed by atoms with van der Waals surface area (Å²) in [5.74, 6) is -4.81. The van der Waals surface area contributed by atoms with E-state index in [0.29, 0.717) is 11.3 Å². The van der Waals surface area contributed by atoms with Gasteiger partial charge in [-0.25, -0.2) is 4.79 Å². The molecular formula is C16H12F2N2O3. The Morgan fingerprint density at radius 3 is 2.39 bits per heavy atom. The SMILES string of the molecule is CCOC(=O)C(F)(F)c1ccc(Oc2ccc(C#N)cc2)cn1. The van der Waals surface area contributed by atoms with Crippen molar-refractivity contribution < 1.29 is 23.0 Å². The zero-order valence-electron chi connectivity index (χ0n) is 12.1. The van der Waals surface area contributed by atoms with Crippen molar-refractivity contribution in [2.24, 2.45) is 0 Å². The normalized spacial score (nSPS) is 10.7. The molecule has 2 aromatic rings. The lowest BCUT2D eigenvalue weighted by Crippen LogP contribution is -2.29. The van der Waals surface area contributed by atoms with E-state index in [0.717, 1.165) is 12.3 Å². The molecule has 0 saturated heterocycles. The maximum Gasteiger partial charge on any atom is 0.384 e. The Bertz CT molecular complexity index is 722. The largest absolute Gasteiger partial charge is 0.461 e. The third-order valence-electron chi connectivity index (χ3n) is 2.81. The second-order valence-electron chi connectivity index (χ2n) is 4.41. The van der Waals surface area contributed by atoms with Gasteiger partial charge in [-0.3, -0.25) is 4.98 Å². The van der Waals surface area contributed by atoms with Gasteiger partial charge in [-0.2, -0.15) is 14.0 Å². The van der Waals surface area contributed by atoms with Crippen LogP contribution in [0.2, 0.25) is 0 Å². The lowest BCUT2D eigenvalue weighted by molar-refractivity contribution is -0.173. The van der Waals surface area contributed by atoms with Crippen molar-refractivity contribution in [3.63, 3.8) is 0 Å². The first-order valence-electron chi connectivity index (χ1n) is 6.67. The molecule has 0 aliphatic heterocycles. The molecule has 0 unspecified atom stereocenters. The number of aromatic nitrogens is 1. The molecule has 0 aliphatic rings. The minimum Gasteiger partial charge on any atom is -0.461 e. The monoisotopic (exact) mass is 318 g/mol. The maximum atomic E-state index is 13.8. The highest BCUT2D eigenvalue weighted by molar-refractivity contribution is 5.78. The Labute approximate surface area is 131 Å². The molecule has 2 rings (SSSR count). The van der Waals surface area contributed by atoms with Crippen LogP contribution < -0.4 is 4.74 Å². The summed E-state index contributed by atoms with van der Waals surface area (Å²) in [5, 5.41) is 8.70. The van der Waals surface area contributed by atoms with Crippen LogP contribution in [-0.2, 0) is 15.5 Å². The van der Waals surface area contributed by atoms with Gasteiger partial charge in [0.25, 0.3) is 0 Å². The van der Waals surface area contributed by atoms with E-state index in [9.17, 15) is 13.6 Å². The molecule has 0 N–H and O–H groups in total. The lowest BCUT2D eigenvalue weighted by atomic mass is 10.2. The summed E-state index contributed by atoms with van der Waals surface area (Å²) in [7, 11) is 0. The Hall–Kier alpha value is -3.01. The summed E-state index contributed by atoms with van der Waals surface area (Å²) in [4.78, 5) is 14.8. The van der Waals surface area contributed by atoms with E-state index in [2.05, 4.69) is 9.72 Å². The predicted octanol–water partition coefficient (Wildman–Crippen LogP) is 3.40. The van der Waals surface area contributed by atoms with Gasteiger partial charge in [-0.05, 0) is 43.3 Å². The second kappa shape index (κ2) is 6.83. The van der Waals surface area contributed by atoms with Crippen molar-refractivity contribution in [2.45, 2.75) is 12.8 Å². The van der Waals surface area contributed by atoms with Gasteiger partial charge in [-0.1, -0.05) is 0 Å². The van der Waals surface area contributed by atoms with Gasteiger partial charge < -0.3 is 9.47 Å². The standard InChI is InChI=1S/C16H12F2N2O3/c1-2-22-15(21)16(17,18)14-8-7-13(10-20-14)23-12-5-3-11(9-19)4-6-12/h3-8,10H,2H2,1H3. The van der Waals surface area contributed by atoms with Crippen LogP contribution in [0.3, 0.4) is 0 Å². The molecule has 5 nitrogen and oxygen atoms in total. The van der Waals surface area contributed by atoms with Crippen LogP contribution >= 0.6 is 0 Å². The third kappa shape index (κ3) is 3.80. The average Bonchev–Trinajstić information content (AvgIpc) is 2.56. The number of alkyl halides is 2. The Balaban J connectivity index is 2.12. The molecule has 0 radical (unpaired) electrons. The molecule has 23 heavy (non-hydrogen) atoms. The van der Waals surface area contributed by atoms with Gasteiger partial charge >= 0.3 is 11.9 Å². The molecule has 1 heterocycles. The maximum absolute atomic E-state index is 13.8. The van der Waals surface area contributed by atoms with Crippen molar-refractivity contribution in [1.29, 1.82) is 5.26 Å². The summed E-state index contributed by atoms with van der Waals surface area (Å²) < 4.78 is 37.3. The van der Waals surface area contributed by atoms with Crippen LogP contribution in [0.25, 0.3) is 0 Å². The summed E-state index contributed by atoms with van der Waals surface area (Å²) in [6.45, 7) is 1.30. The van der Waals surface area contributed by atoms with Gasteiger partial charge in [0.15, 0.2) is 0 Å². The van der Waals surface area contributed by atoms with Crippen LogP contribution in [0, 0.1) is 11.3 Å². The zero-order chi connectivity index (χ0) is 16.9. The van der Waals surface area contributed by atoms with Gasteiger partial charge in [0, 0.05) is 0 Å². The first kappa shape index (κ1) is 16.4. The lowest BCUT2D eigenvalue weighted by Gasteiger charge is -2.14. The predicted molar refractivity (Wildman–Crippen MR) is 76.0 cm³/mol. The highest BCUT2D eigenvalue weighted by Crippen LogP contribution is 2.29. The van der Waals surface area contributed by atoms with Crippen molar-refractivity contribution in [1.82, 2.24) is 4.98 Å². The molecule has 0 bridgehead atoms. The van der Waals surface area contributed by atoms with Crippen LogP contribution in [-0.4, -0.2) is 17.6 Å². The molecule has 1 aromatic carbocycles. The Morgan fingerprint density at radius 2 is 1.87 bits per heavy atom. The molecule has 0 saturated carbocycles. The van der Waals surface area contributed by atoms with Crippen molar-refractivity contribution in [3.8, 4) is 17.6 Å². The number of carbonyl (C=O) groups is 1. The third-order valence-corrected chi connectivity index (χ3v) is 2.81. The Kier molecular flexibility index (Phi) is 4.86. The Morgan fingerprint density at radius 1 is 1.22 bits per heavy atom. The highest BCUT2D eigenvalue weighted by Gasteiger charge is 2.44. The number of halogens is 2. The number of pyridine rings is 1. The molecule has 0 atom stereocenters. The summed E-state index contributed by atoms with van der Waals surface area (Å²) in [6.07, 6.45) is 1.08. The first-order chi connectivity index (χ1) is 11.0. The summed E-state index contributed by atoms with van der Waals surface area (Å²) >= 11 is 0. The van der Waals surface area contributed by atoms with Crippen molar-refractivity contribution in [3.05, 3.63) is 53.9 Å². The minimum absolute atomic E-state index is 0.145.